The fourth-order valence-electron chi connectivity index (χ4n) is 4.24. The monoisotopic (exact) mass is 432 g/mol. The molecule has 32 heavy (non-hydrogen) atoms. The standard InChI is InChI=1S/C24H28N6O2/c1-16(2)29-20-12-21(30-10-5-18-11-17(13-25)14-28-22(18)30)27-15-19(20)23(31)26-9-8-24(32)6-3-4-7-24/h5,10-12,14-16,32H,3-4,6-9H2,1-2H3,(H,26,31)(H,27,29). The van der Waals surface area contributed by atoms with Crippen LogP contribution in [0.15, 0.2) is 36.8 Å². The highest BCUT2D eigenvalue weighted by Gasteiger charge is 2.30. The average molecular weight is 433 g/mol. The van der Waals surface area contributed by atoms with E-state index in [-0.39, 0.29) is 11.9 Å². The molecule has 0 atom stereocenters. The van der Waals surface area contributed by atoms with Crippen molar-refractivity contribution in [3.8, 4) is 11.9 Å². The fourth-order valence-corrected chi connectivity index (χ4v) is 4.24. The summed E-state index contributed by atoms with van der Waals surface area (Å²) >= 11 is 0. The molecule has 0 saturated heterocycles. The number of amides is 1. The molecule has 3 aromatic heterocycles. The van der Waals surface area contributed by atoms with E-state index < -0.39 is 5.60 Å². The number of nitriles is 1. The molecule has 0 aromatic carbocycles. The maximum atomic E-state index is 12.9. The Hall–Kier alpha value is -3.44. The van der Waals surface area contributed by atoms with Crippen LogP contribution in [0.5, 0.6) is 0 Å². The van der Waals surface area contributed by atoms with E-state index in [9.17, 15) is 9.90 Å². The highest BCUT2D eigenvalue weighted by molar-refractivity contribution is 5.99. The molecule has 0 radical (unpaired) electrons. The number of hydrogen-bond donors (Lipinski definition) is 3. The first kappa shape index (κ1) is 21.8. The lowest BCUT2D eigenvalue weighted by atomic mass is 9.98. The largest absolute Gasteiger partial charge is 0.390 e. The molecular formula is C24H28N6O2. The predicted molar refractivity (Wildman–Crippen MR) is 123 cm³/mol. The molecular weight excluding hydrogens is 404 g/mol. The van der Waals surface area contributed by atoms with Crippen molar-refractivity contribution >= 4 is 22.6 Å². The van der Waals surface area contributed by atoms with Crippen LogP contribution in [-0.2, 0) is 0 Å². The molecule has 8 nitrogen and oxygen atoms in total. The summed E-state index contributed by atoms with van der Waals surface area (Å²) in [5.74, 6) is 0.403. The van der Waals surface area contributed by atoms with E-state index in [2.05, 4.69) is 26.7 Å². The predicted octanol–water partition coefficient (Wildman–Crippen LogP) is 3.54. The maximum absolute atomic E-state index is 12.9. The minimum Gasteiger partial charge on any atom is -0.390 e. The van der Waals surface area contributed by atoms with Crippen LogP contribution in [0.1, 0.15) is 61.9 Å². The summed E-state index contributed by atoms with van der Waals surface area (Å²) in [5.41, 5.74) is 1.67. The van der Waals surface area contributed by atoms with E-state index in [1.54, 1.807) is 12.3 Å². The van der Waals surface area contributed by atoms with Crippen LogP contribution in [0.2, 0.25) is 0 Å². The molecule has 4 rings (SSSR count). The number of anilines is 1. The number of aliphatic hydroxyl groups is 1. The van der Waals surface area contributed by atoms with Gasteiger partial charge < -0.3 is 15.7 Å². The summed E-state index contributed by atoms with van der Waals surface area (Å²) in [4.78, 5) is 21.8. The number of nitrogens with one attached hydrogen (secondary N) is 2. The van der Waals surface area contributed by atoms with Crippen LogP contribution >= 0.6 is 0 Å². The zero-order valence-electron chi connectivity index (χ0n) is 18.4. The van der Waals surface area contributed by atoms with E-state index in [1.807, 2.05) is 36.7 Å². The summed E-state index contributed by atoms with van der Waals surface area (Å²) in [7, 11) is 0. The minimum absolute atomic E-state index is 0.119. The third kappa shape index (κ3) is 4.58. The van der Waals surface area contributed by atoms with Crippen LogP contribution in [0.3, 0.4) is 0 Å². The second-order valence-electron chi connectivity index (χ2n) is 8.76. The zero-order valence-corrected chi connectivity index (χ0v) is 18.4. The van der Waals surface area contributed by atoms with Gasteiger partial charge in [0.1, 0.15) is 17.5 Å². The molecule has 0 bridgehead atoms. The van der Waals surface area contributed by atoms with Gasteiger partial charge in [-0.1, -0.05) is 12.8 Å². The molecule has 0 unspecified atom stereocenters. The Morgan fingerprint density at radius 2 is 2.06 bits per heavy atom. The number of pyridine rings is 2. The molecule has 0 aliphatic heterocycles. The van der Waals surface area contributed by atoms with E-state index in [0.29, 0.717) is 41.2 Å². The van der Waals surface area contributed by atoms with Gasteiger partial charge >= 0.3 is 0 Å². The van der Waals surface area contributed by atoms with Gasteiger partial charge in [0, 0.05) is 42.6 Å². The molecule has 0 spiro atoms. The Labute approximate surface area is 187 Å². The molecule has 1 aliphatic rings. The van der Waals surface area contributed by atoms with Crippen molar-refractivity contribution < 1.29 is 9.90 Å². The normalized spacial score (nSPS) is 15.1. The quantitative estimate of drug-likeness (QED) is 0.526. The summed E-state index contributed by atoms with van der Waals surface area (Å²) in [5, 5.41) is 26.7. The number of nitrogens with zero attached hydrogens (tertiary/aromatic N) is 4. The van der Waals surface area contributed by atoms with Gasteiger partial charge in [0.25, 0.3) is 5.91 Å². The number of hydrogen-bond acceptors (Lipinski definition) is 6. The zero-order chi connectivity index (χ0) is 22.7. The van der Waals surface area contributed by atoms with Gasteiger partial charge in [-0.3, -0.25) is 9.36 Å². The first-order valence-corrected chi connectivity index (χ1v) is 11.0. The summed E-state index contributed by atoms with van der Waals surface area (Å²) in [6.45, 7) is 4.44. The molecule has 3 heterocycles. The van der Waals surface area contributed by atoms with Crippen molar-refractivity contribution in [2.24, 2.45) is 0 Å². The molecule has 1 fully saturated rings. The lowest BCUT2D eigenvalue weighted by molar-refractivity contribution is 0.0389. The van der Waals surface area contributed by atoms with Gasteiger partial charge in [-0.25, -0.2) is 9.97 Å². The van der Waals surface area contributed by atoms with Crippen molar-refractivity contribution in [2.45, 2.75) is 57.6 Å². The van der Waals surface area contributed by atoms with Crippen LogP contribution in [0.4, 0.5) is 5.69 Å². The first-order valence-electron chi connectivity index (χ1n) is 11.0. The van der Waals surface area contributed by atoms with Crippen molar-refractivity contribution in [2.75, 3.05) is 11.9 Å². The Morgan fingerprint density at radius 3 is 2.78 bits per heavy atom. The lowest BCUT2D eigenvalue weighted by Crippen LogP contribution is -2.33. The summed E-state index contributed by atoms with van der Waals surface area (Å²) in [6, 6.07) is 7.72. The van der Waals surface area contributed by atoms with Gasteiger partial charge in [-0.05, 0) is 45.2 Å². The van der Waals surface area contributed by atoms with Gasteiger partial charge in [-0.2, -0.15) is 5.26 Å². The lowest BCUT2D eigenvalue weighted by Gasteiger charge is -2.22. The van der Waals surface area contributed by atoms with Gasteiger partial charge in [0.15, 0.2) is 0 Å². The second-order valence-corrected chi connectivity index (χ2v) is 8.76. The van der Waals surface area contributed by atoms with Gasteiger partial charge in [-0.15, -0.1) is 0 Å². The molecule has 3 aromatic rings. The third-order valence-electron chi connectivity index (χ3n) is 5.89. The number of aromatic nitrogens is 3. The topological polar surface area (TPSA) is 116 Å². The molecule has 1 amide bonds. The van der Waals surface area contributed by atoms with E-state index >= 15 is 0 Å². The van der Waals surface area contributed by atoms with E-state index in [0.717, 1.165) is 31.1 Å². The molecule has 1 saturated carbocycles. The molecule has 1 aliphatic carbocycles. The SMILES string of the molecule is CC(C)Nc1cc(-n2ccc3cc(C#N)cnc32)ncc1C(=O)NCCC1(O)CCCC1. The van der Waals surface area contributed by atoms with Crippen molar-refractivity contribution in [1.29, 1.82) is 5.26 Å². The summed E-state index contributed by atoms with van der Waals surface area (Å²) in [6.07, 6.45) is 9.19. The molecule has 166 valence electrons. The van der Waals surface area contributed by atoms with Crippen LogP contribution in [0, 0.1) is 11.3 Å². The molecule has 8 heteroatoms. The van der Waals surface area contributed by atoms with Gasteiger partial charge in [0.05, 0.1) is 22.4 Å². The second kappa shape index (κ2) is 8.97. The number of carbonyl (C=O) groups excluding carboxylic acids is 1. The van der Waals surface area contributed by atoms with E-state index in [4.69, 9.17) is 5.26 Å². The Balaban J connectivity index is 1.58. The highest BCUT2D eigenvalue weighted by Crippen LogP contribution is 2.32. The number of fused-ring (bicyclic) bond motifs is 1. The number of carbonyl (C=O) groups is 1. The Bertz CT molecular complexity index is 1170. The Kier molecular flexibility index (Phi) is 6.10. The fraction of sp³-hybridized carbons (Fsp3) is 0.417. The maximum Gasteiger partial charge on any atom is 0.254 e. The van der Waals surface area contributed by atoms with Crippen LogP contribution in [0.25, 0.3) is 16.9 Å². The van der Waals surface area contributed by atoms with Crippen molar-refractivity contribution in [3.05, 3.63) is 47.9 Å². The van der Waals surface area contributed by atoms with Crippen LogP contribution in [-0.4, -0.2) is 43.7 Å². The summed E-state index contributed by atoms with van der Waals surface area (Å²) < 4.78 is 1.83. The van der Waals surface area contributed by atoms with Crippen molar-refractivity contribution in [1.82, 2.24) is 19.9 Å². The smallest absolute Gasteiger partial charge is 0.254 e. The highest BCUT2D eigenvalue weighted by atomic mass is 16.3. The third-order valence-corrected chi connectivity index (χ3v) is 5.89. The minimum atomic E-state index is -0.651. The van der Waals surface area contributed by atoms with E-state index in [1.165, 1.54) is 6.20 Å². The Morgan fingerprint density at radius 1 is 1.28 bits per heavy atom. The average Bonchev–Trinajstić information content (AvgIpc) is 3.39. The van der Waals surface area contributed by atoms with Crippen molar-refractivity contribution in [3.63, 3.8) is 0 Å². The molecule has 3 N–H and O–H groups in total. The van der Waals surface area contributed by atoms with Gasteiger partial charge in [0.2, 0.25) is 0 Å². The van der Waals surface area contributed by atoms with Crippen LogP contribution < -0.4 is 10.6 Å². The first-order chi connectivity index (χ1) is 15.4. The number of rotatable bonds is 7.